The minimum atomic E-state index is -4.28. The van der Waals surface area contributed by atoms with Gasteiger partial charge in [-0.1, -0.05) is 24.6 Å². The zero-order chi connectivity index (χ0) is 23.6. The van der Waals surface area contributed by atoms with Crippen molar-refractivity contribution in [3.05, 3.63) is 35.9 Å². The number of ether oxygens (including phenoxy) is 1. The molecule has 0 radical (unpaired) electrons. The van der Waals surface area contributed by atoms with Crippen LogP contribution in [0.4, 0.5) is 13.2 Å². The molecule has 4 rings (SSSR count). The molecule has 0 aromatic heterocycles. The lowest BCUT2D eigenvalue weighted by atomic mass is 9.69. The Kier molecular flexibility index (Phi) is 7.41. The van der Waals surface area contributed by atoms with E-state index in [4.69, 9.17) is 4.74 Å². The normalized spacial score (nSPS) is 23.5. The summed E-state index contributed by atoms with van der Waals surface area (Å²) in [5.74, 6) is -1.45. The summed E-state index contributed by atoms with van der Waals surface area (Å²) in [7, 11) is -3.21. The molecule has 2 unspecified atom stereocenters. The molecule has 3 aliphatic rings. The fraction of sp³-hybridized carbons (Fsp3) is 0.667. The molecular weight excluding hydrogens is 453 g/mol. The third-order valence-electron chi connectivity index (χ3n) is 7.38. The first-order valence-corrected chi connectivity index (χ1v) is 13.7. The topological polar surface area (TPSA) is 58.6 Å². The van der Waals surface area contributed by atoms with Gasteiger partial charge >= 0.3 is 6.18 Å². The minimum absolute atomic E-state index is 0.124. The van der Waals surface area contributed by atoms with Crippen LogP contribution in [-0.4, -0.2) is 57.4 Å². The predicted molar refractivity (Wildman–Crippen MR) is 122 cm³/mol. The van der Waals surface area contributed by atoms with Gasteiger partial charge in [-0.2, -0.15) is 17.5 Å². The molecule has 1 saturated carbocycles. The zero-order valence-electron chi connectivity index (χ0n) is 19.0. The third kappa shape index (κ3) is 5.92. The van der Waals surface area contributed by atoms with Crippen molar-refractivity contribution in [1.29, 1.82) is 0 Å². The molecule has 2 atom stereocenters. The van der Waals surface area contributed by atoms with E-state index in [1.807, 2.05) is 18.2 Å². The average Bonchev–Trinajstić information content (AvgIpc) is 2.74. The second-order valence-electron chi connectivity index (χ2n) is 9.55. The smallest absolute Gasteiger partial charge is 0.395 e. The Bertz CT molecular complexity index is 937. The second-order valence-corrected chi connectivity index (χ2v) is 11.5. The van der Waals surface area contributed by atoms with Crippen molar-refractivity contribution in [3.8, 4) is 5.75 Å². The molecule has 1 aliphatic carbocycles. The summed E-state index contributed by atoms with van der Waals surface area (Å²) < 4.78 is 73.5. The molecule has 1 saturated heterocycles. The van der Waals surface area contributed by atoms with Crippen molar-refractivity contribution in [2.45, 2.75) is 50.8 Å². The Hall–Kier alpha value is -1.58. The van der Waals surface area contributed by atoms with Gasteiger partial charge in [-0.25, -0.2) is 8.42 Å². The van der Waals surface area contributed by atoms with Crippen LogP contribution >= 0.6 is 0 Å². The van der Waals surface area contributed by atoms with Crippen molar-refractivity contribution < 1.29 is 26.3 Å². The highest BCUT2D eigenvalue weighted by atomic mass is 32.2. The standard InChI is InChI=1S/C24H33F3N2O3S/c1-33(30,31)29-15-11-18(12-16-29)17-5-7-21(8-6-17)32-23(20-9-13-28-14-10-20)22(24(25,26)27)19-3-2-4-19/h5-8,11,19-20,22-23,28H,2-4,9-10,12-16H2,1H3. The van der Waals surface area contributed by atoms with E-state index in [0.29, 0.717) is 50.9 Å². The minimum Gasteiger partial charge on any atom is -0.489 e. The summed E-state index contributed by atoms with van der Waals surface area (Å²) in [6, 6.07) is 7.23. The first-order chi connectivity index (χ1) is 15.6. The van der Waals surface area contributed by atoms with Crippen LogP contribution in [0.25, 0.3) is 5.57 Å². The molecule has 9 heteroatoms. The van der Waals surface area contributed by atoms with Gasteiger partial charge in [-0.15, -0.1) is 0 Å². The van der Waals surface area contributed by atoms with Crippen molar-refractivity contribution in [3.63, 3.8) is 0 Å². The maximum atomic E-state index is 14.2. The van der Waals surface area contributed by atoms with Crippen molar-refractivity contribution >= 4 is 15.6 Å². The van der Waals surface area contributed by atoms with Crippen LogP contribution in [0, 0.1) is 17.8 Å². The molecule has 184 valence electrons. The molecule has 2 aliphatic heterocycles. The van der Waals surface area contributed by atoms with Gasteiger partial charge in [0.05, 0.1) is 12.2 Å². The quantitative estimate of drug-likeness (QED) is 0.618. The second kappa shape index (κ2) is 9.96. The van der Waals surface area contributed by atoms with Crippen LogP contribution in [-0.2, 0) is 10.0 Å². The maximum Gasteiger partial charge on any atom is 0.395 e. The number of rotatable bonds is 7. The van der Waals surface area contributed by atoms with Gasteiger partial charge < -0.3 is 10.1 Å². The Balaban J connectivity index is 1.51. The Morgan fingerprint density at radius 2 is 1.73 bits per heavy atom. The highest BCUT2D eigenvalue weighted by Crippen LogP contribution is 2.47. The summed E-state index contributed by atoms with van der Waals surface area (Å²) in [5, 5.41) is 3.24. The fourth-order valence-corrected chi connectivity index (χ4v) is 6.04. The van der Waals surface area contributed by atoms with Gasteiger partial charge in [0, 0.05) is 13.1 Å². The van der Waals surface area contributed by atoms with E-state index in [9.17, 15) is 21.6 Å². The molecule has 1 N–H and O–H groups in total. The van der Waals surface area contributed by atoms with Crippen LogP contribution in [0.15, 0.2) is 30.3 Å². The van der Waals surface area contributed by atoms with E-state index in [0.717, 1.165) is 30.6 Å². The van der Waals surface area contributed by atoms with Crippen LogP contribution in [0.5, 0.6) is 5.75 Å². The van der Waals surface area contributed by atoms with Gasteiger partial charge in [-0.3, -0.25) is 0 Å². The number of piperidine rings is 1. The fourth-order valence-electron chi connectivity index (χ4n) is 5.27. The Morgan fingerprint density at radius 1 is 1.06 bits per heavy atom. The van der Waals surface area contributed by atoms with Crippen molar-refractivity contribution in [2.75, 3.05) is 32.4 Å². The first-order valence-electron chi connectivity index (χ1n) is 11.8. The predicted octanol–water partition coefficient (Wildman–Crippen LogP) is 4.46. The van der Waals surface area contributed by atoms with Crippen LogP contribution < -0.4 is 10.1 Å². The molecule has 0 bridgehead atoms. The molecule has 2 fully saturated rings. The van der Waals surface area contributed by atoms with E-state index >= 15 is 0 Å². The Morgan fingerprint density at radius 3 is 2.21 bits per heavy atom. The number of hydrogen-bond donors (Lipinski definition) is 1. The van der Waals surface area contributed by atoms with E-state index in [1.54, 1.807) is 12.1 Å². The average molecular weight is 487 g/mol. The number of hydrogen-bond acceptors (Lipinski definition) is 4. The summed E-state index contributed by atoms with van der Waals surface area (Å²) in [6.45, 7) is 2.20. The molecule has 2 heterocycles. The molecule has 0 spiro atoms. The zero-order valence-corrected chi connectivity index (χ0v) is 19.8. The molecule has 5 nitrogen and oxygen atoms in total. The van der Waals surface area contributed by atoms with E-state index in [2.05, 4.69) is 5.32 Å². The van der Waals surface area contributed by atoms with Gasteiger partial charge in [0.15, 0.2) is 0 Å². The van der Waals surface area contributed by atoms with Crippen LogP contribution in [0.3, 0.4) is 0 Å². The molecule has 1 aromatic carbocycles. The molecule has 0 amide bonds. The highest BCUT2D eigenvalue weighted by molar-refractivity contribution is 7.88. The number of halogens is 3. The van der Waals surface area contributed by atoms with Gasteiger partial charge in [0.2, 0.25) is 10.0 Å². The van der Waals surface area contributed by atoms with E-state index in [-0.39, 0.29) is 11.8 Å². The largest absolute Gasteiger partial charge is 0.489 e. The van der Waals surface area contributed by atoms with E-state index < -0.39 is 28.2 Å². The first kappa shape index (κ1) is 24.5. The van der Waals surface area contributed by atoms with Crippen LogP contribution in [0.1, 0.15) is 44.1 Å². The summed E-state index contributed by atoms with van der Waals surface area (Å²) in [6.07, 6.45) is 2.01. The summed E-state index contributed by atoms with van der Waals surface area (Å²) in [4.78, 5) is 0. The van der Waals surface area contributed by atoms with Crippen LogP contribution in [0.2, 0.25) is 0 Å². The number of nitrogens with one attached hydrogen (secondary N) is 1. The lowest BCUT2D eigenvalue weighted by Crippen LogP contribution is -2.50. The van der Waals surface area contributed by atoms with Gasteiger partial charge in [-0.05, 0) is 80.3 Å². The molecule has 33 heavy (non-hydrogen) atoms. The van der Waals surface area contributed by atoms with Gasteiger partial charge in [0.1, 0.15) is 11.9 Å². The third-order valence-corrected chi connectivity index (χ3v) is 8.65. The Labute approximate surface area is 194 Å². The number of sulfonamides is 1. The van der Waals surface area contributed by atoms with Crippen molar-refractivity contribution in [2.24, 2.45) is 17.8 Å². The van der Waals surface area contributed by atoms with Gasteiger partial charge in [0.25, 0.3) is 0 Å². The number of benzene rings is 1. The number of alkyl halides is 3. The van der Waals surface area contributed by atoms with E-state index in [1.165, 1.54) is 10.6 Å². The molecular formula is C24H33F3N2O3S. The lowest BCUT2D eigenvalue weighted by Gasteiger charge is -2.43. The van der Waals surface area contributed by atoms with Crippen molar-refractivity contribution in [1.82, 2.24) is 9.62 Å². The number of nitrogens with zero attached hydrogens (tertiary/aromatic N) is 1. The lowest BCUT2D eigenvalue weighted by molar-refractivity contribution is -0.226. The summed E-state index contributed by atoms with van der Waals surface area (Å²) in [5.41, 5.74) is 1.99. The summed E-state index contributed by atoms with van der Waals surface area (Å²) >= 11 is 0. The monoisotopic (exact) mass is 486 g/mol. The maximum absolute atomic E-state index is 14.2. The SMILES string of the molecule is CS(=O)(=O)N1CC=C(c2ccc(OC(C3CCNCC3)C(C3CCC3)C(F)(F)F)cc2)CC1. The molecule has 1 aromatic rings. The highest BCUT2D eigenvalue weighted by Gasteiger charge is 2.53.